The molecule has 1 saturated heterocycles. The van der Waals surface area contributed by atoms with Crippen molar-refractivity contribution < 1.29 is 8.42 Å². The van der Waals surface area contributed by atoms with E-state index in [2.05, 4.69) is 14.7 Å². The number of likely N-dealkylation sites (tertiary alicyclic amines) is 1. The lowest BCUT2D eigenvalue weighted by molar-refractivity contribution is 0.218. The zero-order valence-electron chi connectivity index (χ0n) is 14.0. The highest BCUT2D eigenvalue weighted by molar-refractivity contribution is 7.89. The van der Waals surface area contributed by atoms with Gasteiger partial charge in [0.25, 0.3) is 0 Å². The molecule has 7 heteroatoms. The van der Waals surface area contributed by atoms with Crippen LogP contribution in [0.25, 0.3) is 11.1 Å². The summed E-state index contributed by atoms with van der Waals surface area (Å²) < 4.78 is 28.7. The molecule has 0 unspecified atom stereocenters. The fraction of sp³-hybridized carbons (Fsp3) is 0.471. The molecule has 1 N–H and O–H groups in total. The molecule has 3 rings (SSSR count). The molecule has 0 aliphatic carbocycles. The highest BCUT2D eigenvalue weighted by atomic mass is 32.2. The summed E-state index contributed by atoms with van der Waals surface area (Å²) in [6.07, 6.45) is 7.55. The van der Waals surface area contributed by atoms with Gasteiger partial charge in [-0.1, -0.05) is 24.6 Å². The molecular formula is C17H24N4O2S. The van der Waals surface area contributed by atoms with Crippen LogP contribution in [0, 0.1) is 0 Å². The van der Waals surface area contributed by atoms with Crippen molar-refractivity contribution >= 4 is 10.0 Å². The number of aromatic nitrogens is 2. The second-order valence-corrected chi connectivity index (χ2v) is 7.95. The van der Waals surface area contributed by atoms with Gasteiger partial charge in [0.1, 0.15) is 0 Å². The lowest BCUT2D eigenvalue weighted by Crippen LogP contribution is -2.32. The fourth-order valence-corrected chi connectivity index (χ4v) is 4.05. The monoisotopic (exact) mass is 348 g/mol. The Kier molecular flexibility index (Phi) is 5.33. The van der Waals surface area contributed by atoms with E-state index in [4.69, 9.17) is 0 Å². The summed E-state index contributed by atoms with van der Waals surface area (Å²) in [4.78, 5) is 2.74. The van der Waals surface area contributed by atoms with Crippen molar-refractivity contribution in [1.29, 1.82) is 0 Å². The van der Waals surface area contributed by atoms with Gasteiger partial charge in [-0.25, -0.2) is 13.1 Å². The third-order valence-corrected chi connectivity index (χ3v) is 5.96. The van der Waals surface area contributed by atoms with Crippen LogP contribution in [0.2, 0.25) is 0 Å². The van der Waals surface area contributed by atoms with Crippen molar-refractivity contribution in [1.82, 2.24) is 19.4 Å². The van der Waals surface area contributed by atoms with E-state index in [9.17, 15) is 8.42 Å². The number of piperidine rings is 1. The van der Waals surface area contributed by atoms with Crippen LogP contribution in [-0.2, 0) is 16.6 Å². The van der Waals surface area contributed by atoms with Gasteiger partial charge >= 0.3 is 0 Å². The van der Waals surface area contributed by atoms with Crippen LogP contribution in [0.1, 0.15) is 19.3 Å². The maximum atomic E-state index is 12.2. The maximum Gasteiger partial charge on any atom is 0.240 e. The van der Waals surface area contributed by atoms with Gasteiger partial charge in [-0.3, -0.25) is 4.68 Å². The molecule has 1 aromatic heterocycles. The minimum Gasteiger partial charge on any atom is -0.301 e. The average molecular weight is 348 g/mol. The van der Waals surface area contributed by atoms with Gasteiger partial charge in [0, 0.05) is 23.9 Å². The average Bonchev–Trinajstić information content (AvgIpc) is 3.10. The molecule has 0 spiro atoms. The summed E-state index contributed by atoms with van der Waals surface area (Å²) in [6.45, 7) is 4.13. The van der Waals surface area contributed by atoms with Gasteiger partial charge in [0.05, 0.1) is 17.6 Å². The third kappa shape index (κ3) is 3.85. The predicted molar refractivity (Wildman–Crippen MR) is 94.2 cm³/mol. The minimum atomic E-state index is -3.49. The molecular weight excluding hydrogens is 324 g/mol. The molecule has 1 aliphatic heterocycles. The maximum absolute atomic E-state index is 12.2. The molecule has 0 amide bonds. The molecule has 1 fully saturated rings. The normalized spacial score (nSPS) is 16.4. The summed E-state index contributed by atoms with van der Waals surface area (Å²) in [7, 11) is -2.07. The Hall–Kier alpha value is -1.70. The van der Waals surface area contributed by atoms with Crippen molar-refractivity contribution in [2.45, 2.75) is 30.7 Å². The molecule has 0 radical (unpaired) electrons. The number of benzene rings is 1. The number of hydrogen-bond acceptors (Lipinski definition) is 4. The Morgan fingerprint density at radius 1 is 1.12 bits per heavy atom. The number of hydrogen-bond donors (Lipinski definition) is 1. The van der Waals surface area contributed by atoms with Crippen LogP contribution < -0.4 is 4.72 Å². The molecule has 2 heterocycles. The van der Waals surface area contributed by atoms with E-state index >= 15 is 0 Å². The first-order valence-electron chi connectivity index (χ1n) is 8.38. The largest absolute Gasteiger partial charge is 0.301 e. The molecule has 0 atom stereocenters. The Bertz CT molecular complexity index is 779. The fourth-order valence-electron chi connectivity index (χ4n) is 3.10. The summed E-state index contributed by atoms with van der Waals surface area (Å²) in [6, 6.07) is 7.01. The summed E-state index contributed by atoms with van der Waals surface area (Å²) in [5.41, 5.74) is 1.50. The molecule has 1 aromatic carbocycles. The van der Waals surface area contributed by atoms with E-state index in [1.807, 2.05) is 23.0 Å². The van der Waals surface area contributed by atoms with Crippen molar-refractivity contribution in [2.24, 2.45) is 0 Å². The zero-order valence-corrected chi connectivity index (χ0v) is 14.8. The van der Waals surface area contributed by atoms with E-state index < -0.39 is 10.0 Å². The van der Waals surface area contributed by atoms with Crippen molar-refractivity contribution in [3.8, 4) is 11.1 Å². The standard InChI is InChI=1S/C17H24N4O2S/c1-18-24(22,23)17-8-4-3-7-16(17)15-13-19-21(14-15)12-11-20-9-5-2-6-10-20/h3-4,7-8,13-14,18H,2,5-6,9-12H2,1H3. The molecule has 6 nitrogen and oxygen atoms in total. The van der Waals surface area contributed by atoms with Gasteiger partial charge in [0.2, 0.25) is 10.0 Å². The molecule has 1 aliphatic rings. The van der Waals surface area contributed by atoms with Gasteiger partial charge in [-0.2, -0.15) is 5.10 Å². The van der Waals surface area contributed by atoms with Gasteiger partial charge in [-0.15, -0.1) is 0 Å². The quantitative estimate of drug-likeness (QED) is 0.866. The Labute approximate surface area is 143 Å². The van der Waals surface area contributed by atoms with Crippen LogP contribution in [0.15, 0.2) is 41.6 Å². The number of rotatable bonds is 6. The first-order chi connectivity index (χ1) is 11.6. The topological polar surface area (TPSA) is 67.2 Å². The van der Waals surface area contributed by atoms with Crippen molar-refractivity contribution in [3.63, 3.8) is 0 Å². The van der Waals surface area contributed by atoms with Crippen LogP contribution in [0.4, 0.5) is 0 Å². The number of nitrogens with zero attached hydrogens (tertiary/aromatic N) is 3. The van der Waals surface area contributed by atoms with Gasteiger partial charge < -0.3 is 4.90 Å². The van der Waals surface area contributed by atoms with Crippen molar-refractivity contribution in [2.75, 3.05) is 26.7 Å². The lowest BCUT2D eigenvalue weighted by Gasteiger charge is -2.26. The lowest BCUT2D eigenvalue weighted by atomic mass is 10.1. The predicted octanol–water partition coefficient (Wildman–Crippen LogP) is 1.94. The molecule has 24 heavy (non-hydrogen) atoms. The Morgan fingerprint density at radius 3 is 2.62 bits per heavy atom. The Balaban J connectivity index is 1.76. The van der Waals surface area contributed by atoms with E-state index in [0.717, 1.165) is 31.7 Å². The summed E-state index contributed by atoms with van der Waals surface area (Å²) in [5, 5.41) is 4.40. The second kappa shape index (κ2) is 7.46. The highest BCUT2D eigenvalue weighted by Gasteiger charge is 2.18. The first kappa shape index (κ1) is 17.1. The van der Waals surface area contributed by atoms with Crippen molar-refractivity contribution in [3.05, 3.63) is 36.7 Å². The molecule has 2 aromatic rings. The molecule has 130 valence electrons. The molecule has 0 saturated carbocycles. The number of nitrogens with one attached hydrogen (secondary N) is 1. The van der Waals surface area contributed by atoms with Gasteiger partial charge in [-0.05, 0) is 39.0 Å². The zero-order chi connectivity index (χ0) is 17.0. The first-order valence-corrected chi connectivity index (χ1v) is 9.86. The second-order valence-electron chi connectivity index (χ2n) is 6.10. The molecule has 0 bridgehead atoms. The van der Waals surface area contributed by atoms with Crippen LogP contribution in [-0.4, -0.2) is 49.8 Å². The van der Waals surface area contributed by atoms with E-state index in [0.29, 0.717) is 5.56 Å². The van der Waals surface area contributed by atoms with Crippen LogP contribution >= 0.6 is 0 Å². The SMILES string of the molecule is CNS(=O)(=O)c1ccccc1-c1cnn(CCN2CCCCC2)c1. The van der Waals surface area contributed by atoms with Gasteiger partial charge in [0.15, 0.2) is 0 Å². The van der Waals surface area contributed by atoms with E-state index in [-0.39, 0.29) is 4.90 Å². The minimum absolute atomic E-state index is 0.281. The summed E-state index contributed by atoms with van der Waals surface area (Å²) in [5.74, 6) is 0. The number of sulfonamides is 1. The third-order valence-electron chi connectivity index (χ3n) is 4.48. The van der Waals surface area contributed by atoms with E-state index in [1.54, 1.807) is 18.3 Å². The van der Waals surface area contributed by atoms with Crippen LogP contribution in [0.3, 0.4) is 0 Å². The highest BCUT2D eigenvalue weighted by Crippen LogP contribution is 2.26. The summed E-state index contributed by atoms with van der Waals surface area (Å²) >= 11 is 0. The van der Waals surface area contributed by atoms with E-state index in [1.165, 1.54) is 26.3 Å². The Morgan fingerprint density at radius 2 is 1.88 bits per heavy atom. The smallest absolute Gasteiger partial charge is 0.240 e. The van der Waals surface area contributed by atoms with Crippen LogP contribution in [0.5, 0.6) is 0 Å².